The second-order valence-electron chi connectivity index (χ2n) is 3.67. The third-order valence-electron chi connectivity index (χ3n) is 2.09. The summed E-state index contributed by atoms with van der Waals surface area (Å²) in [6, 6.07) is 4.81. The molecule has 0 amide bonds. The van der Waals surface area contributed by atoms with Crippen molar-refractivity contribution in [3.05, 3.63) is 29.8 Å². The van der Waals surface area contributed by atoms with Gasteiger partial charge >= 0.3 is 6.18 Å². The van der Waals surface area contributed by atoms with E-state index in [0.29, 0.717) is 5.56 Å². The molecule has 0 bridgehead atoms. The molecule has 6 nitrogen and oxygen atoms in total. The normalized spacial score (nSPS) is 11.3. The van der Waals surface area contributed by atoms with Gasteiger partial charge in [0.2, 0.25) is 0 Å². The molecule has 0 saturated heterocycles. The van der Waals surface area contributed by atoms with Crippen molar-refractivity contribution in [2.75, 3.05) is 6.61 Å². The van der Waals surface area contributed by atoms with E-state index in [0.717, 1.165) is 0 Å². The number of aromatic nitrogens is 3. The molecule has 0 aromatic carbocycles. The van der Waals surface area contributed by atoms with Crippen molar-refractivity contribution >= 4 is 0 Å². The second kappa shape index (κ2) is 5.66. The van der Waals surface area contributed by atoms with E-state index in [2.05, 4.69) is 19.9 Å². The molecule has 0 saturated carbocycles. The summed E-state index contributed by atoms with van der Waals surface area (Å²) in [7, 11) is 0. The summed E-state index contributed by atoms with van der Waals surface area (Å²) >= 11 is 0. The Balaban J connectivity index is 2.03. The fraction of sp³-hybridized carbons (Fsp3) is 0.273. The number of pyridine rings is 1. The van der Waals surface area contributed by atoms with Crippen LogP contribution in [-0.4, -0.2) is 27.9 Å². The zero-order valence-corrected chi connectivity index (χ0v) is 9.89. The predicted octanol–water partition coefficient (Wildman–Crippen LogP) is 2.08. The van der Waals surface area contributed by atoms with Gasteiger partial charge in [-0.3, -0.25) is 0 Å². The van der Waals surface area contributed by atoms with Gasteiger partial charge in [0.1, 0.15) is 25.0 Å². The quantitative estimate of drug-likeness (QED) is 0.854. The number of alkyl halides is 3. The molecule has 2 heterocycles. The summed E-state index contributed by atoms with van der Waals surface area (Å²) < 4.78 is 44.9. The van der Waals surface area contributed by atoms with E-state index < -0.39 is 19.4 Å². The van der Waals surface area contributed by atoms with Crippen molar-refractivity contribution in [1.82, 2.24) is 15.1 Å². The maximum atomic E-state index is 11.9. The number of halogens is 3. The minimum Gasteiger partial charge on any atom is -0.364 e. The van der Waals surface area contributed by atoms with Crippen LogP contribution in [0.2, 0.25) is 0 Å². The van der Waals surface area contributed by atoms with Crippen LogP contribution in [0.25, 0.3) is 11.5 Å². The van der Waals surface area contributed by atoms with E-state index >= 15 is 0 Å². The van der Waals surface area contributed by atoms with Crippen LogP contribution in [0.15, 0.2) is 22.9 Å². The van der Waals surface area contributed by atoms with Gasteiger partial charge in [-0.2, -0.15) is 23.4 Å². The van der Waals surface area contributed by atoms with Crippen molar-refractivity contribution < 1.29 is 22.4 Å². The summed E-state index contributed by atoms with van der Waals surface area (Å²) in [5, 5.41) is 12.2. The summed E-state index contributed by atoms with van der Waals surface area (Å²) in [5.74, 6) is 0.0640. The van der Waals surface area contributed by atoms with Crippen molar-refractivity contribution in [2.24, 2.45) is 0 Å². The number of hydrogen-bond donors (Lipinski definition) is 0. The Labute approximate surface area is 110 Å². The first kappa shape index (κ1) is 14.0. The van der Waals surface area contributed by atoms with Crippen LogP contribution >= 0.6 is 0 Å². The number of nitriles is 1. The van der Waals surface area contributed by atoms with Gasteiger partial charge in [0.25, 0.3) is 5.89 Å². The van der Waals surface area contributed by atoms with Crippen molar-refractivity contribution in [1.29, 1.82) is 5.26 Å². The van der Waals surface area contributed by atoms with Gasteiger partial charge in [-0.1, -0.05) is 5.16 Å². The van der Waals surface area contributed by atoms with E-state index in [1.807, 2.05) is 6.07 Å². The molecule has 9 heteroatoms. The third kappa shape index (κ3) is 3.76. The SMILES string of the molecule is N#Cc1cc(-c2nc(COCC(F)(F)F)no2)ccn1. The Morgan fingerprint density at radius 2 is 2.20 bits per heavy atom. The Kier molecular flexibility index (Phi) is 3.95. The highest BCUT2D eigenvalue weighted by Crippen LogP contribution is 2.18. The van der Waals surface area contributed by atoms with Crippen molar-refractivity contribution in [3.8, 4) is 17.5 Å². The Morgan fingerprint density at radius 1 is 1.40 bits per heavy atom. The molecule has 0 aliphatic heterocycles. The Morgan fingerprint density at radius 3 is 2.90 bits per heavy atom. The molecule has 0 atom stereocenters. The Bertz CT molecular complexity index is 633. The van der Waals surface area contributed by atoms with Crippen molar-refractivity contribution in [3.63, 3.8) is 0 Å². The molecule has 2 aromatic rings. The molecule has 0 aliphatic rings. The van der Waals surface area contributed by atoms with Gasteiger partial charge in [-0.15, -0.1) is 0 Å². The van der Waals surface area contributed by atoms with Crippen LogP contribution in [-0.2, 0) is 11.3 Å². The van der Waals surface area contributed by atoms with Crippen LogP contribution in [0.1, 0.15) is 11.5 Å². The summed E-state index contributed by atoms with van der Waals surface area (Å²) in [4.78, 5) is 7.63. The molecular formula is C11H7F3N4O2. The van der Waals surface area contributed by atoms with Gasteiger partial charge in [-0.05, 0) is 12.1 Å². The monoisotopic (exact) mass is 284 g/mol. The van der Waals surface area contributed by atoms with Gasteiger partial charge < -0.3 is 9.26 Å². The van der Waals surface area contributed by atoms with E-state index in [4.69, 9.17) is 9.78 Å². The largest absolute Gasteiger partial charge is 0.411 e. The first-order chi connectivity index (χ1) is 9.48. The molecule has 2 rings (SSSR count). The topological polar surface area (TPSA) is 84.8 Å². The summed E-state index contributed by atoms with van der Waals surface area (Å²) in [5.41, 5.74) is 0.613. The van der Waals surface area contributed by atoms with Crippen LogP contribution < -0.4 is 0 Å². The lowest BCUT2D eigenvalue weighted by Gasteiger charge is -2.04. The van der Waals surface area contributed by atoms with Gasteiger partial charge in [-0.25, -0.2) is 4.98 Å². The lowest BCUT2D eigenvalue weighted by Crippen LogP contribution is -2.16. The number of ether oxygens (including phenoxy) is 1. The summed E-state index contributed by atoms with van der Waals surface area (Å²) in [6.07, 6.45) is -3.02. The van der Waals surface area contributed by atoms with E-state index in [9.17, 15) is 13.2 Å². The van der Waals surface area contributed by atoms with E-state index in [1.165, 1.54) is 18.3 Å². The van der Waals surface area contributed by atoms with Crippen LogP contribution in [0.5, 0.6) is 0 Å². The average molecular weight is 284 g/mol. The van der Waals surface area contributed by atoms with Gasteiger partial charge in [0.05, 0.1) is 0 Å². The predicted molar refractivity (Wildman–Crippen MR) is 58.0 cm³/mol. The standard InChI is InChI=1S/C11H7F3N4O2/c12-11(13,14)6-19-5-9-17-10(20-18-9)7-1-2-16-8(3-7)4-15/h1-3H,5-6H2. The molecule has 0 fully saturated rings. The molecule has 104 valence electrons. The minimum absolute atomic E-state index is 0.0143. The highest BCUT2D eigenvalue weighted by atomic mass is 19.4. The van der Waals surface area contributed by atoms with E-state index in [1.54, 1.807) is 0 Å². The molecule has 2 aromatic heterocycles. The maximum Gasteiger partial charge on any atom is 0.411 e. The zero-order chi connectivity index (χ0) is 14.6. The highest BCUT2D eigenvalue weighted by Gasteiger charge is 2.27. The second-order valence-corrected chi connectivity index (χ2v) is 3.67. The fourth-order valence-corrected chi connectivity index (χ4v) is 1.31. The first-order valence-corrected chi connectivity index (χ1v) is 5.31. The van der Waals surface area contributed by atoms with Gasteiger partial charge in [0.15, 0.2) is 5.82 Å². The molecule has 0 aliphatic carbocycles. The molecular weight excluding hydrogens is 277 g/mol. The van der Waals surface area contributed by atoms with Crippen LogP contribution in [0.3, 0.4) is 0 Å². The fourth-order valence-electron chi connectivity index (χ4n) is 1.31. The number of nitrogens with zero attached hydrogens (tertiary/aromatic N) is 4. The lowest BCUT2D eigenvalue weighted by molar-refractivity contribution is -0.177. The average Bonchev–Trinajstić information content (AvgIpc) is 2.86. The molecule has 20 heavy (non-hydrogen) atoms. The van der Waals surface area contributed by atoms with Crippen LogP contribution in [0.4, 0.5) is 13.2 Å². The Hall–Kier alpha value is -2.47. The summed E-state index contributed by atoms with van der Waals surface area (Å²) in [6.45, 7) is -1.80. The van der Waals surface area contributed by atoms with Crippen molar-refractivity contribution in [2.45, 2.75) is 12.8 Å². The van der Waals surface area contributed by atoms with Gasteiger partial charge in [0, 0.05) is 11.8 Å². The zero-order valence-electron chi connectivity index (χ0n) is 9.89. The molecule has 0 unspecified atom stereocenters. The number of rotatable bonds is 4. The molecule has 0 spiro atoms. The molecule has 0 radical (unpaired) electrons. The third-order valence-corrected chi connectivity index (χ3v) is 2.09. The maximum absolute atomic E-state index is 11.9. The number of hydrogen-bond acceptors (Lipinski definition) is 6. The lowest BCUT2D eigenvalue weighted by atomic mass is 10.2. The van der Waals surface area contributed by atoms with E-state index in [-0.39, 0.29) is 17.4 Å². The minimum atomic E-state index is -4.40. The van der Waals surface area contributed by atoms with Crippen LogP contribution in [0, 0.1) is 11.3 Å². The molecule has 0 N–H and O–H groups in total. The highest BCUT2D eigenvalue weighted by molar-refractivity contribution is 5.53. The smallest absolute Gasteiger partial charge is 0.364 e. The first-order valence-electron chi connectivity index (χ1n) is 5.31.